The summed E-state index contributed by atoms with van der Waals surface area (Å²) in [4.78, 5) is 2.47. The fourth-order valence-corrected chi connectivity index (χ4v) is 2.87. The maximum atomic E-state index is 8.73. The predicted octanol–water partition coefficient (Wildman–Crippen LogP) is 3.20. The van der Waals surface area contributed by atoms with Crippen molar-refractivity contribution in [2.24, 2.45) is 16.8 Å². The van der Waals surface area contributed by atoms with Crippen molar-refractivity contribution in [3.05, 3.63) is 0 Å². The van der Waals surface area contributed by atoms with Crippen molar-refractivity contribution in [3.63, 3.8) is 0 Å². The molecule has 1 saturated heterocycles. The van der Waals surface area contributed by atoms with Crippen molar-refractivity contribution >= 4 is 5.84 Å². The topological polar surface area (TPSA) is 61.8 Å². The lowest BCUT2D eigenvalue weighted by Crippen LogP contribution is -2.41. The first-order chi connectivity index (χ1) is 9.27. The van der Waals surface area contributed by atoms with Gasteiger partial charge in [-0.3, -0.25) is 0 Å². The third-order valence-electron chi connectivity index (χ3n) is 4.12. The SMILES string of the molecule is CCCCCCCCCN1CCCC(C(N)=NO)C1. The molecule has 1 aliphatic rings. The summed E-state index contributed by atoms with van der Waals surface area (Å²) < 4.78 is 0. The lowest BCUT2D eigenvalue weighted by Gasteiger charge is -2.31. The molecule has 0 aromatic heterocycles. The van der Waals surface area contributed by atoms with Crippen LogP contribution in [0.3, 0.4) is 0 Å². The zero-order valence-corrected chi connectivity index (χ0v) is 12.5. The molecular formula is C15H31N3O. The number of oxime groups is 1. The Bertz CT molecular complexity index is 256. The van der Waals surface area contributed by atoms with Crippen LogP contribution >= 0.6 is 0 Å². The summed E-state index contributed by atoms with van der Waals surface area (Å²) in [6.07, 6.45) is 11.7. The number of hydrogen-bond donors (Lipinski definition) is 2. The van der Waals surface area contributed by atoms with Gasteiger partial charge in [0, 0.05) is 12.5 Å². The smallest absolute Gasteiger partial charge is 0.143 e. The van der Waals surface area contributed by atoms with E-state index in [1.807, 2.05) is 0 Å². The van der Waals surface area contributed by atoms with Gasteiger partial charge >= 0.3 is 0 Å². The van der Waals surface area contributed by atoms with Crippen LogP contribution in [0.25, 0.3) is 0 Å². The number of amidine groups is 1. The summed E-state index contributed by atoms with van der Waals surface area (Å²) in [5, 5.41) is 11.9. The number of hydrogen-bond acceptors (Lipinski definition) is 3. The first-order valence-corrected chi connectivity index (χ1v) is 7.97. The van der Waals surface area contributed by atoms with Gasteiger partial charge in [-0.05, 0) is 32.4 Å². The lowest BCUT2D eigenvalue weighted by molar-refractivity contribution is 0.196. The fraction of sp³-hybridized carbons (Fsp3) is 0.933. The zero-order chi connectivity index (χ0) is 13.9. The molecule has 0 saturated carbocycles. The molecule has 1 fully saturated rings. The van der Waals surface area contributed by atoms with Crippen LogP contribution in [0, 0.1) is 5.92 Å². The molecule has 0 aliphatic carbocycles. The molecule has 1 atom stereocenters. The van der Waals surface area contributed by atoms with Crippen LogP contribution in [0.2, 0.25) is 0 Å². The van der Waals surface area contributed by atoms with E-state index in [9.17, 15) is 0 Å². The average molecular weight is 269 g/mol. The quantitative estimate of drug-likeness (QED) is 0.222. The Labute approximate surface area is 118 Å². The predicted molar refractivity (Wildman–Crippen MR) is 80.6 cm³/mol. The highest BCUT2D eigenvalue weighted by molar-refractivity contribution is 5.82. The molecule has 4 heteroatoms. The second kappa shape index (κ2) is 10.1. The molecule has 0 aromatic carbocycles. The monoisotopic (exact) mass is 269 g/mol. The molecule has 1 rings (SSSR count). The van der Waals surface area contributed by atoms with E-state index in [-0.39, 0.29) is 5.92 Å². The molecule has 1 heterocycles. The summed E-state index contributed by atoms with van der Waals surface area (Å²) in [6, 6.07) is 0. The van der Waals surface area contributed by atoms with Gasteiger partial charge in [0.05, 0.1) is 0 Å². The number of unbranched alkanes of at least 4 members (excludes halogenated alkanes) is 6. The molecule has 3 N–H and O–H groups in total. The van der Waals surface area contributed by atoms with Crippen LogP contribution in [0.5, 0.6) is 0 Å². The van der Waals surface area contributed by atoms with E-state index in [0.29, 0.717) is 5.84 Å². The van der Waals surface area contributed by atoms with Gasteiger partial charge in [0.1, 0.15) is 5.84 Å². The number of nitrogens with zero attached hydrogens (tertiary/aromatic N) is 2. The van der Waals surface area contributed by atoms with E-state index < -0.39 is 0 Å². The van der Waals surface area contributed by atoms with Crippen molar-refractivity contribution in [1.82, 2.24) is 4.90 Å². The molecule has 4 nitrogen and oxygen atoms in total. The Morgan fingerprint density at radius 2 is 1.89 bits per heavy atom. The molecule has 1 unspecified atom stereocenters. The van der Waals surface area contributed by atoms with Crippen molar-refractivity contribution in [2.75, 3.05) is 19.6 Å². The highest BCUT2D eigenvalue weighted by atomic mass is 16.4. The van der Waals surface area contributed by atoms with Gasteiger partial charge in [0.25, 0.3) is 0 Å². The van der Waals surface area contributed by atoms with Crippen LogP contribution in [0.1, 0.15) is 64.7 Å². The summed E-state index contributed by atoms with van der Waals surface area (Å²) >= 11 is 0. The van der Waals surface area contributed by atoms with E-state index in [4.69, 9.17) is 10.9 Å². The van der Waals surface area contributed by atoms with Gasteiger partial charge < -0.3 is 15.8 Å². The third-order valence-corrected chi connectivity index (χ3v) is 4.12. The highest BCUT2D eigenvalue weighted by Gasteiger charge is 2.22. The molecule has 19 heavy (non-hydrogen) atoms. The minimum Gasteiger partial charge on any atom is -0.409 e. The lowest BCUT2D eigenvalue weighted by atomic mass is 9.97. The Morgan fingerprint density at radius 1 is 1.21 bits per heavy atom. The van der Waals surface area contributed by atoms with Gasteiger partial charge in [-0.1, -0.05) is 50.6 Å². The van der Waals surface area contributed by atoms with Crippen LogP contribution in [0.4, 0.5) is 0 Å². The highest BCUT2D eigenvalue weighted by Crippen LogP contribution is 2.17. The minimum absolute atomic E-state index is 0.253. The van der Waals surface area contributed by atoms with Crippen LogP contribution in [-0.4, -0.2) is 35.6 Å². The van der Waals surface area contributed by atoms with Crippen LogP contribution in [-0.2, 0) is 0 Å². The largest absolute Gasteiger partial charge is 0.409 e. The van der Waals surface area contributed by atoms with Crippen molar-refractivity contribution in [2.45, 2.75) is 64.7 Å². The molecule has 1 aliphatic heterocycles. The van der Waals surface area contributed by atoms with Gasteiger partial charge in [-0.25, -0.2) is 0 Å². The summed E-state index contributed by atoms with van der Waals surface area (Å²) in [7, 11) is 0. The zero-order valence-electron chi connectivity index (χ0n) is 12.5. The van der Waals surface area contributed by atoms with Crippen molar-refractivity contribution in [3.8, 4) is 0 Å². The molecule has 112 valence electrons. The second-order valence-corrected chi connectivity index (χ2v) is 5.79. The Balaban J connectivity index is 2.06. The van der Waals surface area contributed by atoms with Crippen molar-refractivity contribution < 1.29 is 5.21 Å². The molecule has 0 aromatic rings. The van der Waals surface area contributed by atoms with E-state index in [0.717, 1.165) is 19.4 Å². The average Bonchev–Trinajstić information content (AvgIpc) is 2.46. The third kappa shape index (κ3) is 6.81. The number of piperidine rings is 1. The fourth-order valence-electron chi connectivity index (χ4n) is 2.87. The van der Waals surface area contributed by atoms with E-state index in [2.05, 4.69) is 17.0 Å². The van der Waals surface area contributed by atoms with Gasteiger partial charge in [0.2, 0.25) is 0 Å². The standard InChI is InChI=1S/C15H31N3O/c1-2-3-4-5-6-7-8-11-18-12-9-10-14(13-18)15(16)17-19/h14,19H,2-13H2,1H3,(H2,16,17). The number of nitrogens with two attached hydrogens (primary N) is 1. The molecule has 0 radical (unpaired) electrons. The van der Waals surface area contributed by atoms with Gasteiger partial charge in [-0.2, -0.15) is 0 Å². The first kappa shape index (κ1) is 16.3. The molecule has 0 amide bonds. The maximum Gasteiger partial charge on any atom is 0.143 e. The normalized spacial score (nSPS) is 21.7. The second-order valence-electron chi connectivity index (χ2n) is 5.79. The number of likely N-dealkylation sites (tertiary alicyclic amines) is 1. The van der Waals surface area contributed by atoms with Crippen molar-refractivity contribution in [1.29, 1.82) is 0 Å². The Kier molecular flexibility index (Phi) is 8.63. The van der Waals surface area contributed by atoms with E-state index >= 15 is 0 Å². The Hall–Kier alpha value is -0.770. The molecular weight excluding hydrogens is 238 g/mol. The van der Waals surface area contributed by atoms with E-state index in [1.54, 1.807) is 0 Å². The van der Waals surface area contributed by atoms with Gasteiger partial charge in [-0.15, -0.1) is 0 Å². The summed E-state index contributed by atoms with van der Waals surface area (Å²) in [5.74, 6) is 0.660. The van der Waals surface area contributed by atoms with Crippen LogP contribution in [0.15, 0.2) is 5.16 Å². The van der Waals surface area contributed by atoms with E-state index in [1.165, 1.54) is 58.0 Å². The molecule has 0 spiro atoms. The minimum atomic E-state index is 0.253. The first-order valence-electron chi connectivity index (χ1n) is 7.97. The van der Waals surface area contributed by atoms with Crippen LogP contribution < -0.4 is 5.73 Å². The number of rotatable bonds is 9. The summed E-state index contributed by atoms with van der Waals surface area (Å²) in [6.45, 7) is 5.56. The summed E-state index contributed by atoms with van der Waals surface area (Å²) in [5.41, 5.74) is 5.71. The Morgan fingerprint density at radius 3 is 2.58 bits per heavy atom. The maximum absolute atomic E-state index is 8.73. The molecule has 0 bridgehead atoms. The van der Waals surface area contributed by atoms with Gasteiger partial charge in [0.15, 0.2) is 0 Å².